The minimum atomic E-state index is -4.83. The molecule has 2 fully saturated rings. The number of alkyl halides is 3. The number of halogens is 3. The molecule has 2 saturated heterocycles. The fourth-order valence-corrected chi connectivity index (χ4v) is 2.76. The van der Waals surface area contributed by atoms with Crippen LogP contribution in [0, 0.1) is 11.3 Å². The monoisotopic (exact) mass is 338 g/mol. The van der Waals surface area contributed by atoms with Crippen LogP contribution in [0.3, 0.4) is 0 Å². The van der Waals surface area contributed by atoms with Crippen molar-refractivity contribution < 1.29 is 27.6 Å². The standard InChI is InChI=1S/C14H9F3N4O3/c1-13-6-19-11(23)21(13)12(24)20(10(13)22)8-3-2-7(5-18)9(4-8)14(15,16)17/h2-4H,6H2,1H3,(H,19,23). The van der Waals surface area contributed by atoms with Crippen LogP contribution in [0.1, 0.15) is 18.1 Å². The van der Waals surface area contributed by atoms with Gasteiger partial charge in [-0.1, -0.05) is 0 Å². The fraction of sp³-hybridized carbons (Fsp3) is 0.286. The van der Waals surface area contributed by atoms with Crippen LogP contribution in [-0.2, 0) is 11.0 Å². The van der Waals surface area contributed by atoms with Crippen molar-refractivity contribution >= 4 is 23.7 Å². The van der Waals surface area contributed by atoms with E-state index in [1.807, 2.05) is 0 Å². The van der Waals surface area contributed by atoms with Gasteiger partial charge in [0.1, 0.15) is 5.54 Å². The van der Waals surface area contributed by atoms with Crippen LogP contribution >= 0.6 is 0 Å². The Balaban J connectivity index is 2.11. The van der Waals surface area contributed by atoms with Crippen molar-refractivity contribution in [3.8, 4) is 6.07 Å². The largest absolute Gasteiger partial charge is 0.417 e. The third-order valence-electron chi connectivity index (χ3n) is 4.01. The lowest BCUT2D eigenvalue weighted by Gasteiger charge is -2.19. The molecule has 0 spiro atoms. The van der Waals surface area contributed by atoms with E-state index in [1.54, 1.807) is 0 Å². The first-order valence-corrected chi connectivity index (χ1v) is 6.69. The molecule has 1 unspecified atom stereocenters. The molecule has 24 heavy (non-hydrogen) atoms. The zero-order valence-corrected chi connectivity index (χ0v) is 12.1. The molecule has 0 saturated carbocycles. The molecule has 2 heterocycles. The topological polar surface area (TPSA) is 93.5 Å². The van der Waals surface area contributed by atoms with E-state index in [-0.39, 0.29) is 12.2 Å². The average Bonchev–Trinajstić information content (AvgIpc) is 2.92. The number of nitrogens with zero attached hydrogens (tertiary/aromatic N) is 3. The lowest BCUT2D eigenvalue weighted by Crippen LogP contribution is -2.45. The number of hydrogen-bond donors (Lipinski definition) is 1. The Labute approximate surface area is 133 Å². The van der Waals surface area contributed by atoms with Crippen molar-refractivity contribution in [2.45, 2.75) is 18.6 Å². The maximum absolute atomic E-state index is 13.1. The minimum absolute atomic E-state index is 0.130. The van der Waals surface area contributed by atoms with Crippen LogP contribution in [0.2, 0.25) is 0 Å². The maximum atomic E-state index is 13.1. The highest BCUT2D eigenvalue weighted by Crippen LogP contribution is 2.38. The summed E-state index contributed by atoms with van der Waals surface area (Å²) in [5.74, 6) is -0.816. The van der Waals surface area contributed by atoms with Gasteiger partial charge in [0.25, 0.3) is 5.91 Å². The van der Waals surface area contributed by atoms with Gasteiger partial charge in [0.2, 0.25) is 0 Å². The molecule has 2 aliphatic heterocycles. The third kappa shape index (κ3) is 1.94. The number of anilines is 1. The molecule has 3 rings (SSSR count). The van der Waals surface area contributed by atoms with E-state index in [2.05, 4.69) is 5.32 Å². The molecule has 7 nitrogen and oxygen atoms in total. The minimum Gasteiger partial charge on any atom is -0.335 e. The highest BCUT2D eigenvalue weighted by atomic mass is 19.4. The third-order valence-corrected chi connectivity index (χ3v) is 4.01. The van der Waals surface area contributed by atoms with E-state index in [0.29, 0.717) is 15.9 Å². The summed E-state index contributed by atoms with van der Waals surface area (Å²) < 4.78 is 39.2. The van der Waals surface area contributed by atoms with Gasteiger partial charge in [-0.05, 0) is 25.1 Å². The molecule has 0 aromatic heterocycles. The van der Waals surface area contributed by atoms with Gasteiger partial charge < -0.3 is 5.32 Å². The molecule has 1 aromatic rings. The summed E-state index contributed by atoms with van der Waals surface area (Å²) in [4.78, 5) is 37.8. The summed E-state index contributed by atoms with van der Waals surface area (Å²) in [7, 11) is 0. The Hall–Kier alpha value is -3.09. The summed E-state index contributed by atoms with van der Waals surface area (Å²) in [5.41, 5.74) is -3.72. The molecule has 10 heteroatoms. The van der Waals surface area contributed by atoms with Crippen LogP contribution in [0.5, 0.6) is 0 Å². The van der Waals surface area contributed by atoms with E-state index < -0.39 is 40.8 Å². The van der Waals surface area contributed by atoms with Crippen LogP contribution in [0.4, 0.5) is 28.4 Å². The first kappa shape index (κ1) is 15.8. The number of hydrogen-bond acceptors (Lipinski definition) is 4. The molecule has 1 aromatic carbocycles. The second-order valence-electron chi connectivity index (χ2n) is 5.53. The fourth-order valence-electron chi connectivity index (χ4n) is 2.76. The normalized spacial score (nSPS) is 23.4. The van der Waals surface area contributed by atoms with Crippen molar-refractivity contribution in [2.75, 3.05) is 11.4 Å². The number of imide groups is 2. The van der Waals surface area contributed by atoms with Gasteiger partial charge >= 0.3 is 18.2 Å². The molecule has 5 amide bonds. The quantitative estimate of drug-likeness (QED) is 0.791. The first-order valence-electron chi connectivity index (χ1n) is 6.69. The van der Waals surface area contributed by atoms with Crippen molar-refractivity contribution in [2.24, 2.45) is 0 Å². The zero-order chi connectivity index (χ0) is 17.9. The van der Waals surface area contributed by atoms with Crippen molar-refractivity contribution in [3.63, 3.8) is 0 Å². The number of amides is 5. The Morgan fingerprint density at radius 2 is 1.96 bits per heavy atom. The lowest BCUT2D eigenvalue weighted by molar-refractivity contribution is -0.137. The number of nitriles is 1. The second kappa shape index (κ2) is 4.70. The smallest absolute Gasteiger partial charge is 0.335 e. The molecular weight excluding hydrogens is 329 g/mol. The van der Waals surface area contributed by atoms with Gasteiger partial charge in [0, 0.05) is 0 Å². The number of benzene rings is 1. The van der Waals surface area contributed by atoms with Crippen LogP contribution in [0.15, 0.2) is 18.2 Å². The molecule has 0 aliphatic carbocycles. The summed E-state index contributed by atoms with van der Waals surface area (Å²) in [5, 5.41) is 11.1. The van der Waals surface area contributed by atoms with E-state index in [1.165, 1.54) is 13.0 Å². The average molecular weight is 338 g/mol. The molecule has 0 bridgehead atoms. The number of carbonyl (C=O) groups is 3. The molecule has 1 N–H and O–H groups in total. The van der Waals surface area contributed by atoms with Gasteiger partial charge in [-0.2, -0.15) is 18.4 Å². The number of nitrogens with one attached hydrogen (secondary N) is 1. The Morgan fingerprint density at radius 3 is 2.50 bits per heavy atom. The predicted octanol–water partition coefficient (Wildman–Crippen LogP) is 1.83. The Kier molecular flexibility index (Phi) is 3.09. The van der Waals surface area contributed by atoms with Crippen LogP contribution in [0.25, 0.3) is 0 Å². The Bertz CT molecular complexity index is 830. The van der Waals surface area contributed by atoms with E-state index in [4.69, 9.17) is 5.26 Å². The molecule has 0 radical (unpaired) electrons. The second-order valence-corrected chi connectivity index (χ2v) is 5.53. The molecule has 1 atom stereocenters. The highest BCUT2D eigenvalue weighted by molar-refractivity contribution is 6.28. The van der Waals surface area contributed by atoms with Gasteiger partial charge in [0.15, 0.2) is 0 Å². The lowest BCUT2D eigenvalue weighted by atomic mass is 10.0. The SMILES string of the molecule is CC12CNC(=O)N1C(=O)N(c1ccc(C#N)c(C(F)(F)F)c1)C2=O. The van der Waals surface area contributed by atoms with Crippen LogP contribution < -0.4 is 10.2 Å². The highest BCUT2D eigenvalue weighted by Gasteiger charge is 2.61. The number of rotatable bonds is 1. The molecule has 124 valence electrons. The summed E-state index contributed by atoms with van der Waals surface area (Å²) in [6.45, 7) is 1.22. The van der Waals surface area contributed by atoms with E-state index in [0.717, 1.165) is 12.1 Å². The molecular formula is C14H9F3N4O3. The van der Waals surface area contributed by atoms with Crippen molar-refractivity contribution in [1.82, 2.24) is 10.2 Å². The van der Waals surface area contributed by atoms with Gasteiger partial charge in [-0.25, -0.2) is 19.4 Å². The zero-order valence-electron chi connectivity index (χ0n) is 12.1. The van der Waals surface area contributed by atoms with Gasteiger partial charge in [-0.3, -0.25) is 4.79 Å². The van der Waals surface area contributed by atoms with Crippen molar-refractivity contribution in [3.05, 3.63) is 29.3 Å². The number of urea groups is 2. The number of fused-ring (bicyclic) bond motifs is 1. The van der Waals surface area contributed by atoms with Gasteiger partial charge in [-0.15, -0.1) is 0 Å². The summed E-state index contributed by atoms with van der Waals surface area (Å²) in [6, 6.07) is 2.09. The molecule has 2 aliphatic rings. The van der Waals surface area contributed by atoms with Gasteiger partial charge in [0.05, 0.1) is 29.4 Å². The Morgan fingerprint density at radius 1 is 1.29 bits per heavy atom. The summed E-state index contributed by atoms with van der Waals surface area (Å²) in [6.07, 6.45) is -4.83. The predicted molar refractivity (Wildman–Crippen MR) is 72.7 cm³/mol. The first-order chi connectivity index (χ1) is 11.1. The maximum Gasteiger partial charge on any atom is 0.417 e. The van der Waals surface area contributed by atoms with Crippen molar-refractivity contribution in [1.29, 1.82) is 5.26 Å². The van der Waals surface area contributed by atoms with Crippen LogP contribution in [-0.4, -0.2) is 35.0 Å². The number of carbonyl (C=O) groups excluding carboxylic acids is 3. The summed E-state index contributed by atoms with van der Waals surface area (Å²) >= 11 is 0. The van der Waals surface area contributed by atoms with E-state index in [9.17, 15) is 27.6 Å². The van der Waals surface area contributed by atoms with E-state index >= 15 is 0 Å².